The molecule has 32 heavy (non-hydrogen) atoms. The van der Waals surface area contributed by atoms with Gasteiger partial charge in [0.05, 0.1) is 16.9 Å². The van der Waals surface area contributed by atoms with E-state index in [0.29, 0.717) is 23.1 Å². The van der Waals surface area contributed by atoms with E-state index in [1.54, 1.807) is 18.5 Å². The summed E-state index contributed by atoms with van der Waals surface area (Å²) in [6.45, 7) is 6.48. The number of halogens is 1. The molecule has 0 amide bonds. The second-order valence-electron chi connectivity index (χ2n) is 8.83. The Kier molecular flexibility index (Phi) is 6.14. The maximum atomic E-state index is 15.1. The highest BCUT2D eigenvalue weighted by atomic mass is 19.1. The van der Waals surface area contributed by atoms with Crippen molar-refractivity contribution in [1.29, 1.82) is 0 Å². The van der Waals surface area contributed by atoms with Crippen LogP contribution in [0.2, 0.25) is 0 Å². The quantitative estimate of drug-likeness (QED) is 0.639. The number of rotatable bonds is 5. The molecule has 8 heteroatoms. The average Bonchev–Trinajstić information content (AvgIpc) is 2.83. The highest BCUT2D eigenvalue weighted by Gasteiger charge is 2.19. The first-order chi connectivity index (χ1) is 15.7. The molecule has 3 aromatic rings. The minimum Gasteiger partial charge on any atom is -0.368 e. The first-order valence-corrected chi connectivity index (χ1v) is 11.5. The number of piperazine rings is 1. The zero-order valence-corrected chi connectivity index (χ0v) is 18.5. The molecule has 2 saturated heterocycles. The minimum atomic E-state index is -0.212. The summed E-state index contributed by atoms with van der Waals surface area (Å²) in [6.07, 6.45) is 5.75. The molecule has 0 bridgehead atoms. The van der Waals surface area contributed by atoms with E-state index in [1.807, 2.05) is 18.2 Å². The van der Waals surface area contributed by atoms with Gasteiger partial charge < -0.3 is 20.4 Å². The molecule has 2 N–H and O–H groups in total. The number of anilines is 2. The van der Waals surface area contributed by atoms with Crippen LogP contribution in [0.5, 0.6) is 0 Å². The Morgan fingerprint density at radius 1 is 1.12 bits per heavy atom. The van der Waals surface area contributed by atoms with E-state index >= 15 is 4.39 Å². The monoisotopic (exact) mass is 435 g/mol. The molecule has 2 aliphatic heterocycles. The van der Waals surface area contributed by atoms with E-state index in [0.717, 1.165) is 62.4 Å². The molecule has 2 aromatic heterocycles. The molecule has 168 valence electrons. The average molecular weight is 436 g/mol. The molecule has 5 rings (SSSR count). The summed E-state index contributed by atoms with van der Waals surface area (Å²) in [6, 6.07) is 7.31. The fourth-order valence-electron chi connectivity index (χ4n) is 4.55. The summed E-state index contributed by atoms with van der Waals surface area (Å²) >= 11 is 0. The van der Waals surface area contributed by atoms with Crippen LogP contribution in [0.1, 0.15) is 12.8 Å². The molecule has 1 atom stereocenters. The van der Waals surface area contributed by atoms with Crippen molar-refractivity contribution in [3.63, 3.8) is 0 Å². The molecule has 2 aliphatic rings. The highest BCUT2D eigenvalue weighted by molar-refractivity contribution is 5.88. The van der Waals surface area contributed by atoms with Crippen LogP contribution >= 0.6 is 0 Å². The van der Waals surface area contributed by atoms with Gasteiger partial charge in [-0.2, -0.15) is 0 Å². The van der Waals surface area contributed by atoms with Gasteiger partial charge in [-0.25, -0.2) is 14.4 Å². The first-order valence-electron chi connectivity index (χ1n) is 11.5. The van der Waals surface area contributed by atoms with Gasteiger partial charge in [0.15, 0.2) is 5.82 Å². The largest absolute Gasteiger partial charge is 0.368 e. The maximum absolute atomic E-state index is 15.1. The van der Waals surface area contributed by atoms with Crippen LogP contribution in [0.15, 0.2) is 36.7 Å². The third-order valence-corrected chi connectivity index (χ3v) is 6.50. The molecular weight excluding hydrogens is 405 g/mol. The second-order valence-corrected chi connectivity index (χ2v) is 8.83. The molecule has 1 aromatic carbocycles. The first kappa shape index (κ1) is 21.0. The number of likely N-dealkylation sites (N-methyl/N-ethyl adjacent to an activating group) is 1. The van der Waals surface area contributed by atoms with Crippen molar-refractivity contribution < 1.29 is 4.39 Å². The highest BCUT2D eigenvalue weighted by Crippen LogP contribution is 2.29. The summed E-state index contributed by atoms with van der Waals surface area (Å²) < 4.78 is 15.1. The second kappa shape index (κ2) is 9.34. The summed E-state index contributed by atoms with van der Waals surface area (Å²) in [7, 11) is 2.10. The van der Waals surface area contributed by atoms with Gasteiger partial charge in [-0.05, 0) is 57.1 Å². The van der Waals surface area contributed by atoms with E-state index in [-0.39, 0.29) is 5.82 Å². The predicted molar refractivity (Wildman–Crippen MR) is 127 cm³/mol. The lowest BCUT2D eigenvalue weighted by Gasteiger charge is -2.34. The number of pyridine rings is 1. The van der Waals surface area contributed by atoms with Gasteiger partial charge in [0.2, 0.25) is 0 Å². The van der Waals surface area contributed by atoms with Crippen molar-refractivity contribution in [3.8, 4) is 11.3 Å². The lowest BCUT2D eigenvalue weighted by atomic mass is 10.00. The molecule has 0 spiro atoms. The fourth-order valence-corrected chi connectivity index (χ4v) is 4.55. The van der Waals surface area contributed by atoms with Crippen LogP contribution in [0.4, 0.5) is 15.9 Å². The molecule has 1 unspecified atom stereocenters. The summed E-state index contributed by atoms with van der Waals surface area (Å²) in [5.41, 5.74) is 3.60. The van der Waals surface area contributed by atoms with Crippen LogP contribution in [0.25, 0.3) is 22.3 Å². The smallest absolute Gasteiger partial charge is 0.154 e. The van der Waals surface area contributed by atoms with Crippen molar-refractivity contribution in [2.24, 2.45) is 5.92 Å². The summed E-state index contributed by atoms with van der Waals surface area (Å²) in [5, 5.41) is 6.94. The van der Waals surface area contributed by atoms with Gasteiger partial charge in [0.25, 0.3) is 0 Å². The molecule has 0 aliphatic carbocycles. The van der Waals surface area contributed by atoms with E-state index < -0.39 is 0 Å². The number of hydrogen-bond donors (Lipinski definition) is 2. The summed E-state index contributed by atoms with van der Waals surface area (Å²) in [4.78, 5) is 18.2. The Morgan fingerprint density at radius 3 is 2.75 bits per heavy atom. The predicted octanol–water partition coefficient (Wildman–Crippen LogP) is 2.99. The molecule has 0 saturated carbocycles. The Labute approximate surface area is 188 Å². The van der Waals surface area contributed by atoms with Crippen LogP contribution in [0, 0.1) is 11.7 Å². The molecule has 2 fully saturated rings. The maximum Gasteiger partial charge on any atom is 0.154 e. The van der Waals surface area contributed by atoms with Gasteiger partial charge >= 0.3 is 0 Å². The van der Waals surface area contributed by atoms with Crippen molar-refractivity contribution >= 4 is 22.5 Å². The van der Waals surface area contributed by atoms with Gasteiger partial charge in [-0.3, -0.25) is 4.98 Å². The number of fused-ring (bicyclic) bond motifs is 1. The molecule has 0 radical (unpaired) electrons. The lowest BCUT2D eigenvalue weighted by Crippen LogP contribution is -2.44. The Hall–Kier alpha value is -2.84. The zero-order valence-electron chi connectivity index (χ0n) is 18.5. The molecule has 4 heterocycles. The topological polar surface area (TPSA) is 69.2 Å². The number of piperidine rings is 1. The Bertz CT molecular complexity index is 1080. The number of aromatic nitrogens is 3. The normalized spacial score (nSPS) is 19.9. The van der Waals surface area contributed by atoms with Crippen LogP contribution in [-0.2, 0) is 0 Å². The van der Waals surface area contributed by atoms with Crippen molar-refractivity contribution in [3.05, 3.63) is 42.5 Å². The molecule has 7 nitrogen and oxygen atoms in total. The number of benzene rings is 1. The van der Waals surface area contributed by atoms with Crippen LogP contribution in [0.3, 0.4) is 0 Å². The van der Waals surface area contributed by atoms with Crippen molar-refractivity contribution in [2.75, 3.05) is 63.1 Å². The number of hydrogen-bond acceptors (Lipinski definition) is 7. The van der Waals surface area contributed by atoms with E-state index in [2.05, 4.69) is 37.4 Å². The van der Waals surface area contributed by atoms with Crippen molar-refractivity contribution in [2.45, 2.75) is 12.8 Å². The van der Waals surface area contributed by atoms with E-state index in [4.69, 9.17) is 4.98 Å². The van der Waals surface area contributed by atoms with Gasteiger partial charge in [0, 0.05) is 50.7 Å². The number of nitrogens with one attached hydrogen (secondary N) is 2. The standard InChI is InChI=1S/C24H30FN7/c1-31-9-11-32(12-10-31)22-5-4-18(13-19(22)25)20-14-21-23(28-8-7-27-21)24(30-20)29-16-17-3-2-6-26-15-17/h4-5,7-8,13-14,17,26H,2-3,6,9-12,15-16H2,1H3,(H,29,30). The van der Waals surface area contributed by atoms with Gasteiger partial charge in [-0.15, -0.1) is 0 Å². The van der Waals surface area contributed by atoms with E-state index in [9.17, 15) is 0 Å². The van der Waals surface area contributed by atoms with Crippen LogP contribution in [-0.4, -0.2) is 72.7 Å². The molecular formula is C24H30FN7. The fraction of sp³-hybridized carbons (Fsp3) is 0.458. The van der Waals surface area contributed by atoms with E-state index in [1.165, 1.54) is 12.8 Å². The third-order valence-electron chi connectivity index (χ3n) is 6.50. The Balaban J connectivity index is 1.42. The van der Waals surface area contributed by atoms with Gasteiger partial charge in [-0.1, -0.05) is 6.07 Å². The Morgan fingerprint density at radius 2 is 1.97 bits per heavy atom. The third kappa shape index (κ3) is 4.52. The van der Waals surface area contributed by atoms with Crippen LogP contribution < -0.4 is 15.5 Å². The SMILES string of the molecule is CN1CCN(c2ccc(-c3cc4nccnc4c(NCC4CCCNC4)n3)cc2F)CC1. The van der Waals surface area contributed by atoms with Crippen molar-refractivity contribution in [1.82, 2.24) is 25.2 Å². The minimum absolute atomic E-state index is 0.212. The zero-order chi connectivity index (χ0) is 21.9. The number of nitrogens with zero attached hydrogens (tertiary/aromatic N) is 5. The lowest BCUT2D eigenvalue weighted by molar-refractivity contribution is 0.311. The van der Waals surface area contributed by atoms with Gasteiger partial charge in [0.1, 0.15) is 11.3 Å². The summed E-state index contributed by atoms with van der Waals surface area (Å²) in [5.74, 6) is 1.05.